The molecule has 1 aliphatic rings. The number of nitrogens with zero attached hydrogens (tertiary/aromatic N) is 2. The van der Waals surface area contributed by atoms with Crippen LogP contribution in [0.1, 0.15) is 16.9 Å². The summed E-state index contributed by atoms with van der Waals surface area (Å²) in [6, 6.07) is 9.35. The number of benzene rings is 1. The Morgan fingerprint density at radius 1 is 1.33 bits per heavy atom. The van der Waals surface area contributed by atoms with Gasteiger partial charge in [0, 0.05) is 13.0 Å². The quantitative estimate of drug-likeness (QED) is 0.877. The summed E-state index contributed by atoms with van der Waals surface area (Å²) in [5, 5.41) is 13.4. The van der Waals surface area contributed by atoms with Crippen molar-refractivity contribution in [2.75, 3.05) is 6.61 Å². The van der Waals surface area contributed by atoms with Gasteiger partial charge in [-0.25, -0.2) is 9.48 Å². The average molecular weight is 244 g/mol. The maximum atomic E-state index is 11.3. The number of aromatic carboxylic acids is 1. The van der Waals surface area contributed by atoms with Gasteiger partial charge < -0.3 is 9.84 Å². The molecule has 0 fully saturated rings. The fraction of sp³-hybridized carbons (Fsp3) is 0.231. The second-order valence-electron chi connectivity index (χ2n) is 4.13. The summed E-state index contributed by atoms with van der Waals surface area (Å²) in [7, 11) is 0. The molecule has 0 aliphatic carbocycles. The highest BCUT2D eigenvalue weighted by Gasteiger charge is 2.26. The topological polar surface area (TPSA) is 64.3 Å². The third-order valence-corrected chi connectivity index (χ3v) is 2.92. The molecule has 1 aromatic heterocycles. The van der Waals surface area contributed by atoms with Gasteiger partial charge in [0.15, 0.2) is 5.69 Å². The van der Waals surface area contributed by atoms with Gasteiger partial charge in [0.2, 0.25) is 5.88 Å². The van der Waals surface area contributed by atoms with Crippen molar-refractivity contribution < 1.29 is 14.6 Å². The molecule has 5 heteroatoms. The van der Waals surface area contributed by atoms with E-state index in [2.05, 4.69) is 5.10 Å². The lowest BCUT2D eigenvalue weighted by molar-refractivity contribution is 0.0690. The molecule has 0 saturated carbocycles. The standard InChI is InChI=1S/C13H12N2O3/c16-13(17)11-10(9-5-2-1-3-6-9)12-15(14-11)7-4-8-18-12/h1-3,5-6H,4,7-8H2,(H,16,17). The molecule has 2 aromatic rings. The molecule has 0 saturated heterocycles. The average Bonchev–Trinajstić information content (AvgIpc) is 2.79. The number of aryl methyl sites for hydroxylation is 1. The fourth-order valence-corrected chi connectivity index (χ4v) is 2.14. The van der Waals surface area contributed by atoms with Gasteiger partial charge >= 0.3 is 5.97 Å². The van der Waals surface area contributed by atoms with E-state index < -0.39 is 5.97 Å². The summed E-state index contributed by atoms with van der Waals surface area (Å²) in [6.07, 6.45) is 0.849. The zero-order valence-electron chi connectivity index (χ0n) is 9.67. The predicted octanol–water partition coefficient (Wildman–Crippen LogP) is 2.03. The molecule has 18 heavy (non-hydrogen) atoms. The first kappa shape index (κ1) is 10.8. The maximum absolute atomic E-state index is 11.3. The van der Waals surface area contributed by atoms with Crippen LogP contribution in [0.25, 0.3) is 11.1 Å². The van der Waals surface area contributed by atoms with Crippen LogP contribution in [0.3, 0.4) is 0 Å². The predicted molar refractivity (Wildman–Crippen MR) is 64.7 cm³/mol. The Hall–Kier alpha value is -2.30. The minimum atomic E-state index is -1.03. The van der Waals surface area contributed by atoms with E-state index in [1.54, 1.807) is 4.68 Å². The van der Waals surface area contributed by atoms with E-state index in [1.807, 2.05) is 30.3 Å². The molecule has 1 aliphatic heterocycles. The van der Waals surface area contributed by atoms with Crippen LogP contribution in [-0.2, 0) is 6.54 Å². The maximum Gasteiger partial charge on any atom is 0.357 e. The molecule has 1 N–H and O–H groups in total. The molecule has 0 atom stereocenters. The van der Waals surface area contributed by atoms with Crippen molar-refractivity contribution >= 4 is 5.97 Å². The summed E-state index contributed by atoms with van der Waals surface area (Å²) in [5.74, 6) is -0.468. The Morgan fingerprint density at radius 2 is 2.11 bits per heavy atom. The normalized spacial score (nSPS) is 13.8. The molecule has 0 bridgehead atoms. The highest BCUT2D eigenvalue weighted by molar-refractivity contribution is 5.95. The van der Waals surface area contributed by atoms with Crippen LogP contribution in [0.5, 0.6) is 5.88 Å². The highest BCUT2D eigenvalue weighted by Crippen LogP contribution is 2.35. The number of carboxylic acid groups (broad SMARTS) is 1. The van der Waals surface area contributed by atoms with Gasteiger partial charge in [-0.1, -0.05) is 30.3 Å². The van der Waals surface area contributed by atoms with Crippen molar-refractivity contribution in [2.45, 2.75) is 13.0 Å². The van der Waals surface area contributed by atoms with Gasteiger partial charge in [0.05, 0.1) is 12.2 Å². The summed E-state index contributed by atoms with van der Waals surface area (Å²) in [6.45, 7) is 1.30. The van der Waals surface area contributed by atoms with Gasteiger partial charge in [-0.2, -0.15) is 5.10 Å². The third-order valence-electron chi connectivity index (χ3n) is 2.92. The molecule has 5 nitrogen and oxygen atoms in total. The van der Waals surface area contributed by atoms with Crippen LogP contribution in [0.2, 0.25) is 0 Å². The molecule has 0 unspecified atom stereocenters. The lowest BCUT2D eigenvalue weighted by Crippen LogP contribution is -2.15. The molecule has 3 rings (SSSR count). The number of fused-ring (bicyclic) bond motifs is 1. The molecule has 0 amide bonds. The Morgan fingerprint density at radius 3 is 2.83 bits per heavy atom. The molecular formula is C13H12N2O3. The first-order valence-electron chi connectivity index (χ1n) is 5.79. The van der Waals surface area contributed by atoms with Gasteiger partial charge in [-0.3, -0.25) is 0 Å². The van der Waals surface area contributed by atoms with E-state index in [0.717, 1.165) is 12.0 Å². The van der Waals surface area contributed by atoms with Gasteiger partial charge in [-0.05, 0) is 5.56 Å². The first-order valence-corrected chi connectivity index (χ1v) is 5.79. The third kappa shape index (κ3) is 1.64. The van der Waals surface area contributed by atoms with Crippen LogP contribution >= 0.6 is 0 Å². The fourth-order valence-electron chi connectivity index (χ4n) is 2.14. The molecule has 92 valence electrons. The second-order valence-corrected chi connectivity index (χ2v) is 4.13. The van der Waals surface area contributed by atoms with Gasteiger partial charge in [-0.15, -0.1) is 0 Å². The monoisotopic (exact) mass is 244 g/mol. The molecule has 0 radical (unpaired) electrons. The van der Waals surface area contributed by atoms with Crippen molar-refractivity contribution in [3.8, 4) is 17.0 Å². The minimum absolute atomic E-state index is 0.0538. The van der Waals surface area contributed by atoms with E-state index in [4.69, 9.17) is 4.74 Å². The molecule has 0 spiro atoms. The van der Waals surface area contributed by atoms with Crippen LogP contribution in [0, 0.1) is 0 Å². The van der Waals surface area contributed by atoms with Crippen molar-refractivity contribution in [3.05, 3.63) is 36.0 Å². The molecule has 1 aromatic carbocycles. The zero-order chi connectivity index (χ0) is 12.5. The Kier molecular flexibility index (Phi) is 2.51. The Bertz CT molecular complexity index is 590. The number of aromatic nitrogens is 2. The Labute approximate surface area is 104 Å². The van der Waals surface area contributed by atoms with E-state index in [1.165, 1.54) is 0 Å². The summed E-state index contributed by atoms with van der Waals surface area (Å²) >= 11 is 0. The van der Waals surface area contributed by atoms with Crippen LogP contribution in [0.4, 0.5) is 0 Å². The smallest absolute Gasteiger partial charge is 0.357 e. The van der Waals surface area contributed by atoms with E-state index >= 15 is 0 Å². The summed E-state index contributed by atoms with van der Waals surface area (Å²) in [4.78, 5) is 11.3. The van der Waals surface area contributed by atoms with E-state index in [-0.39, 0.29) is 5.69 Å². The largest absolute Gasteiger partial charge is 0.477 e. The molecule has 2 heterocycles. The first-order chi connectivity index (χ1) is 8.77. The summed E-state index contributed by atoms with van der Waals surface area (Å²) < 4.78 is 7.21. The van der Waals surface area contributed by atoms with Crippen molar-refractivity contribution in [1.29, 1.82) is 0 Å². The second kappa shape index (κ2) is 4.18. The van der Waals surface area contributed by atoms with Crippen LogP contribution in [-0.4, -0.2) is 27.5 Å². The van der Waals surface area contributed by atoms with E-state index in [9.17, 15) is 9.90 Å². The van der Waals surface area contributed by atoms with Gasteiger partial charge in [0.1, 0.15) is 0 Å². The van der Waals surface area contributed by atoms with Crippen molar-refractivity contribution in [3.63, 3.8) is 0 Å². The SMILES string of the molecule is O=C(O)c1nn2c(c1-c1ccccc1)OCCC2. The lowest BCUT2D eigenvalue weighted by Gasteiger charge is -2.15. The lowest BCUT2D eigenvalue weighted by atomic mass is 10.1. The van der Waals surface area contributed by atoms with E-state index in [0.29, 0.717) is 24.6 Å². The van der Waals surface area contributed by atoms with Gasteiger partial charge in [0.25, 0.3) is 0 Å². The molecular weight excluding hydrogens is 232 g/mol. The number of hydrogen-bond donors (Lipinski definition) is 1. The number of rotatable bonds is 2. The number of carboxylic acids is 1. The highest BCUT2D eigenvalue weighted by atomic mass is 16.5. The number of hydrogen-bond acceptors (Lipinski definition) is 3. The van der Waals surface area contributed by atoms with Crippen LogP contribution in [0.15, 0.2) is 30.3 Å². The summed E-state index contributed by atoms with van der Waals surface area (Å²) in [5.41, 5.74) is 1.44. The zero-order valence-corrected chi connectivity index (χ0v) is 9.67. The number of carbonyl (C=O) groups is 1. The van der Waals surface area contributed by atoms with Crippen molar-refractivity contribution in [1.82, 2.24) is 9.78 Å². The number of ether oxygens (including phenoxy) is 1. The van der Waals surface area contributed by atoms with Crippen molar-refractivity contribution in [2.24, 2.45) is 0 Å². The minimum Gasteiger partial charge on any atom is -0.477 e. The Balaban J connectivity index is 2.23. The van der Waals surface area contributed by atoms with Crippen LogP contribution < -0.4 is 4.74 Å².